The fourth-order valence-electron chi connectivity index (χ4n) is 3.33. The first-order valence-corrected chi connectivity index (χ1v) is 9.77. The first-order chi connectivity index (χ1) is 13.5. The normalized spacial score (nSPS) is 14.5. The lowest BCUT2D eigenvalue weighted by atomic mass is 10.1. The number of nitrogens with one attached hydrogen (secondary N) is 1. The Hall–Kier alpha value is -2.67. The zero-order valence-corrected chi connectivity index (χ0v) is 17.3. The minimum Gasteiger partial charge on any atom is -0.368 e. The third-order valence-electron chi connectivity index (χ3n) is 5.22. The number of carbonyl (C=O) groups excluding carboxylic acids is 1. The third-order valence-corrected chi connectivity index (χ3v) is 5.22. The van der Waals surface area contributed by atoms with Crippen molar-refractivity contribution in [2.75, 3.05) is 63.6 Å². The van der Waals surface area contributed by atoms with Crippen molar-refractivity contribution in [3.8, 4) is 0 Å². The molecule has 0 aliphatic carbocycles. The predicted octanol–water partition coefficient (Wildman–Crippen LogP) is 2.03. The molecule has 0 unspecified atom stereocenters. The number of anilines is 2. The van der Waals surface area contributed by atoms with E-state index in [1.165, 1.54) is 16.8 Å². The van der Waals surface area contributed by atoms with E-state index in [2.05, 4.69) is 57.1 Å². The van der Waals surface area contributed by atoms with Crippen molar-refractivity contribution in [1.82, 2.24) is 19.8 Å². The first kappa shape index (κ1) is 20.1. The minimum absolute atomic E-state index is 0.0482. The van der Waals surface area contributed by atoms with Gasteiger partial charge in [0.2, 0.25) is 0 Å². The van der Waals surface area contributed by atoms with E-state index in [1.54, 1.807) is 12.4 Å². The quantitative estimate of drug-likeness (QED) is 0.825. The van der Waals surface area contributed by atoms with Crippen LogP contribution in [-0.2, 0) is 0 Å². The second kappa shape index (κ2) is 9.01. The number of aromatic nitrogens is 2. The molecule has 0 radical (unpaired) electrons. The van der Waals surface area contributed by atoms with E-state index in [-0.39, 0.29) is 5.91 Å². The molecule has 0 spiro atoms. The number of hydrogen-bond donors (Lipinski definition) is 1. The van der Waals surface area contributed by atoms with E-state index < -0.39 is 0 Å². The van der Waals surface area contributed by atoms with Crippen molar-refractivity contribution in [1.29, 1.82) is 0 Å². The van der Waals surface area contributed by atoms with Gasteiger partial charge in [0.05, 0.1) is 12.4 Å². The highest BCUT2D eigenvalue weighted by molar-refractivity contribution is 5.92. The Balaban J connectivity index is 1.55. The molecule has 2 heterocycles. The smallest absolute Gasteiger partial charge is 0.274 e. The number of rotatable bonds is 6. The van der Waals surface area contributed by atoms with Crippen LogP contribution in [0.15, 0.2) is 30.6 Å². The average Bonchev–Trinajstić information content (AvgIpc) is 2.70. The van der Waals surface area contributed by atoms with Crippen LogP contribution in [0.3, 0.4) is 0 Å². The molecule has 1 saturated heterocycles. The number of carbonyl (C=O) groups is 1. The number of hydrogen-bond acceptors (Lipinski definition) is 6. The highest BCUT2D eigenvalue weighted by atomic mass is 16.2. The molecule has 1 aromatic heterocycles. The lowest BCUT2D eigenvalue weighted by Gasteiger charge is -2.36. The van der Waals surface area contributed by atoms with Gasteiger partial charge >= 0.3 is 0 Å². The van der Waals surface area contributed by atoms with Crippen LogP contribution in [0.1, 0.15) is 21.6 Å². The van der Waals surface area contributed by atoms with Gasteiger partial charge in [-0.3, -0.25) is 4.79 Å². The topological polar surface area (TPSA) is 64.6 Å². The number of likely N-dealkylation sites (N-methyl/N-ethyl adjacent to an activating group) is 1. The van der Waals surface area contributed by atoms with Crippen molar-refractivity contribution in [2.45, 2.75) is 13.8 Å². The predicted molar refractivity (Wildman–Crippen MR) is 113 cm³/mol. The van der Waals surface area contributed by atoms with Gasteiger partial charge in [0.25, 0.3) is 5.91 Å². The van der Waals surface area contributed by atoms with Crippen LogP contribution in [0.5, 0.6) is 0 Å². The zero-order chi connectivity index (χ0) is 20.1. The largest absolute Gasteiger partial charge is 0.368 e. The molecule has 7 heteroatoms. The maximum absolute atomic E-state index is 12.8. The van der Waals surface area contributed by atoms with Gasteiger partial charge in [-0.2, -0.15) is 0 Å². The molecule has 0 atom stereocenters. The van der Waals surface area contributed by atoms with E-state index >= 15 is 0 Å². The highest BCUT2D eigenvalue weighted by Crippen LogP contribution is 2.24. The molecular weight excluding hydrogens is 352 g/mol. The second-order valence-corrected chi connectivity index (χ2v) is 7.52. The van der Waals surface area contributed by atoms with Gasteiger partial charge in [-0.25, -0.2) is 9.97 Å². The van der Waals surface area contributed by atoms with Crippen molar-refractivity contribution < 1.29 is 4.79 Å². The molecule has 1 aliphatic rings. The Morgan fingerprint density at radius 1 is 1.11 bits per heavy atom. The molecular formula is C21H30N6O. The molecule has 1 fully saturated rings. The fourth-order valence-corrected chi connectivity index (χ4v) is 3.33. The molecule has 0 saturated carbocycles. The Bertz CT molecular complexity index is 797. The molecule has 1 aliphatic heterocycles. The van der Waals surface area contributed by atoms with Crippen molar-refractivity contribution in [3.63, 3.8) is 0 Å². The van der Waals surface area contributed by atoms with Gasteiger partial charge < -0.3 is 20.0 Å². The van der Waals surface area contributed by atoms with E-state index in [9.17, 15) is 4.79 Å². The summed E-state index contributed by atoms with van der Waals surface area (Å²) in [4.78, 5) is 27.7. The summed E-state index contributed by atoms with van der Waals surface area (Å²) in [5.74, 6) is 0.645. The van der Waals surface area contributed by atoms with Crippen molar-refractivity contribution in [2.24, 2.45) is 0 Å². The summed E-state index contributed by atoms with van der Waals surface area (Å²) in [6.45, 7) is 9.03. The summed E-state index contributed by atoms with van der Waals surface area (Å²) < 4.78 is 0. The molecule has 3 rings (SSSR count). The molecule has 2 aromatic rings. The first-order valence-electron chi connectivity index (χ1n) is 9.77. The molecule has 1 aromatic carbocycles. The van der Waals surface area contributed by atoms with Crippen LogP contribution in [0, 0.1) is 13.8 Å². The van der Waals surface area contributed by atoms with Crippen molar-refractivity contribution >= 4 is 17.4 Å². The molecule has 0 bridgehead atoms. The fraction of sp³-hybridized carbons (Fsp3) is 0.476. The summed E-state index contributed by atoms with van der Waals surface area (Å²) in [7, 11) is 4.05. The van der Waals surface area contributed by atoms with Gasteiger partial charge in [0.15, 0.2) is 0 Å². The monoisotopic (exact) mass is 382 g/mol. The lowest BCUT2D eigenvalue weighted by Crippen LogP contribution is -2.49. The molecule has 1 amide bonds. The van der Waals surface area contributed by atoms with Gasteiger partial charge in [-0.05, 0) is 45.1 Å². The van der Waals surface area contributed by atoms with E-state index in [4.69, 9.17) is 0 Å². The van der Waals surface area contributed by atoms with E-state index in [0.717, 1.165) is 26.2 Å². The molecule has 1 N–H and O–H groups in total. The summed E-state index contributed by atoms with van der Waals surface area (Å²) in [5, 5.41) is 3.21. The van der Waals surface area contributed by atoms with Crippen LogP contribution in [0.4, 0.5) is 11.5 Å². The highest BCUT2D eigenvalue weighted by Gasteiger charge is 2.24. The van der Waals surface area contributed by atoms with Crippen LogP contribution >= 0.6 is 0 Å². The van der Waals surface area contributed by atoms with E-state index in [1.807, 2.05) is 19.0 Å². The van der Waals surface area contributed by atoms with Gasteiger partial charge in [0, 0.05) is 45.0 Å². The maximum Gasteiger partial charge on any atom is 0.274 e. The average molecular weight is 383 g/mol. The minimum atomic E-state index is -0.0482. The van der Waals surface area contributed by atoms with Crippen molar-refractivity contribution in [3.05, 3.63) is 47.4 Å². The molecule has 7 nitrogen and oxygen atoms in total. The number of aryl methyl sites for hydroxylation is 1. The molecule has 28 heavy (non-hydrogen) atoms. The number of benzene rings is 1. The summed E-state index contributed by atoms with van der Waals surface area (Å²) in [6.07, 6.45) is 3.20. The van der Waals surface area contributed by atoms with E-state index in [0.29, 0.717) is 24.6 Å². The van der Waals surface area contributed by atoms with Crippen LogP contribution < -0.4 is 10.2 Å². The second-order valence-electron chi connectivity index (χ2n) is 7.52. The third kappa shape index (κ3) is 4.78. The standard InChI is InChI=1S/C21H30N6O/c1-16-6-5-7-19(17(16)2)26-10-12-27(13-11-26)21(28)18-14-24-20(15-23-18)22-8-9-25(3)4/h5-7,14-15H,8-13H2,1-4H3,(H,22,24). The molecule has 150 valence electrons. The maximum atomic E-state index is 12.8. The Labute approximate surface area is 167 Å². The van der Waals surface area contributed by atoms with Crippen LogP contribution in [-0.4, -0.2) is 79.0 Å². The van der Waals surface area contributed by atoms with Gasteiger partial charge in [0.1, 0.15) is 11.5 Å². The SMILES string of the molecule is Cc1cccc(N2CCN(C(=O)c3cnc(NCCN(C)C)cn3)CC2)c1C. The Morgan fingerprint density at radius 2 is 1.86 bits per heavy atom. The summed E-state index contributed by atoms with van der Waals surface area (Å²) in [6, 6.07) is 6.39. The summed E-state index contributed by atoms with van der Waals surface area (Å²) in [5.41, 5.74) is 4.27. The Morgan fingerprint density at radius 3 is 2.50 bits per heavy atom. The zero-order valence-electron chi connectivity index (χ0n) is 17.3. The van der Waals surface area contributed by atoms with Gasteiger partial charge in [-0.15, -0.1) is 0 Å². The van der Waals surface area contributed by atoms with Crippen LogP contribution in [0.2, 0.25) is 0 Å². The van der Waals surface area contributed by atoms with Gasteiger partial charge in [-0.1, -0.05) is 12.1 Å². The Kier molecular flexibility index (Phi) is 6.46. The number of amides is 1. The van der Waals surface area contributed by atoms with Crippen LogP contribution in [0.25, 0.3) is 0 Å². The number of piperazine rings is 1. The lowest BCUT2D eigenvalue weighted by molar-refractivity contribution is 0.0740. The number of nitrogens with zero attached hydrogens (tertiary/aromatic N) is 5. The summed E-state index contributed by atoms with van der Waals surface area (Å²) >= 11 is 0.